The first-order chi connectivity index (χ1) is 5.72. The van der Waals surface area contributed by atoms with Crippen LogP contribution in [0.5, 0.6) is 0 Å². The number of hydrogen-bond donors (Lipinski definition) is 0. The van der Waals surface area contributed by atoms with E-state index in [1.54, 1.807) is 19.9 Å². The largest absolute Gasteiger partial charge is 0.463 e. The van der Waals surface area contributed by atoms with E-state index >= 15 is 0 Å². The molecule has 3 nitrogen and oxygen atoms in total. The number of ether oxygens (including phenoxy) is 1. The van der Waals surface area contributed by atoms with Crippen molar-refractivity contribution in [1.82, 2.24) is 0 Å². The molecule has 64 valence electrons. The van der Waals surface area contributed by atoms with Gasteiger partial charge in [-0.2, -0.15) is 5.26 Å². The van der Waals surface area contributed by atoms with Crippen LogP contribution in [0.15, 0.2) is 23.8 Å². The monoisotopic (exact) mass is 165 g/mol. The Morgan fingerprint density at radius 1 is 1.67 bits per heavy atom. The van der Waals surface area contributed by atoms with Crippen molar-refractivity contribution in [1.29, 1.82) is 5.26 Å². The van der Waals surface area contributed by atoms with Crippen molar-refractivity contribution in [2.75, 3.05) is 6.61 Å². The quantitative estimate of drug-likeness (QED) is 0.276. The topological polar surface area (TPSA) is 50.1 Å². The molecule has 0 rings (SSSR count). The highest BCUT2D eigenvalue weighted by Crippen LogP contribution is 1.96. The smallest absolute Gasteiger partial charge is 0.333 e. The second-order valence-electron chi connectivity index (χ2n) is 2.06. The Hall–Kier alpha value is -1.56. The lowest BCUT2D eigenvalue weighted by Crippen LogP contribution is -2.04. The van der Waals surface area contributed by atoms with Crippen LogP contribution >= 0.6 is 0 Å². The minimum atomic E-state index is -0.347. The van der Waals surface area contributed by atoms with Gasteiger partial charge < -0.3 is 4.74 Å². The Balaban J connectivity index is 4.10. The van der Waals surface area contributed by atoms with E-state index < -0.39 is 0 Å². The van der Waals surface area contributed by atoms with E-state index in [4.69, 9.17) is 10.00 Å². The lowest BCUT2D eigenvalue weighted by atomic mass is 10.3. The van der Waals surface area contributed by atoms with Gasteiger partial charge in [0.25, 0.3) is 0 Å². The van der Waals surface area contributed by atoms with E-state index in [-0.39, 0.29) is 5.97 Å². The standard InChI is InChI=1S/C9H11NO2/c1-3-12-9(11)8(2)6-4-5-7-10/h4-6H,3H2,1-2H3/b5-4+,8-6+. The Morgan fingerprint density at radius 3 is 2.83 bits per heavy atom. The van der Waals surface area contributed by atoms with Crippen LogP contribution in [0, 0.1) is 11.3 Å². The first-order valence-electron chi connectivity index (χ1n) is 3.62. The molecule has 0 N–H and O–H groups in total. The van der Waals surface area contributed by atoms with Crippen LogP contribution in [0.3, 0.4) is 0 Å². The minimum absolute atomic E-state index is 0.347. The predicted octanol–water partition coefficient (Wildman–Crippen LogP) is 1.58. The molecule has 0 bridgehead atoms. The summed E-state index contributed by atoms with van der Waals surface area (Å²) in [6.45, 7) is 3.75. The molecule has 0 aromatic rings. The summed E-state index contributed by atoms with van der Waals surface area (Å²) >= 11 is 0. The lowest BCUT2D eigenvalue weighted by Gasteiger charge is -1.98. The van der Waals surface area contributed by atoms with Crippen LogP contribution in [0.25, 0.3) is 0 Å². The third-order valence-corrected chi connectivity index (χ3v) is 1.11. The van der Waals surface area contributed by atoms with Crippen molar-refractivity contribution in [2.45, 2.75) is 13.8 Å². The van der Waals surface area contributed by atoms with Gasteiger partial charge in [0, 0.05) is 11.6 Å². The summed E-state index contributed by atoms with van der Waals surface area (Å²) in [6, 6.07) is 1.82. The van der Waals surface area contributed by atoms with Crippen molar-refractivity contribution < 1.29 is 9.53 Å². The molecule has 0 aliphatic carbocycles. The van der Waals surface area contributed by atoms with Crippen molar-refractivity contribution in [3.63, 3.8) is 0 Å². The normalized spacial score (nSPS) is 11.2. The number of nitrogens with zero attached hydrogens (tertiary/aromatic N) is 1. The molecule has 0 radical (unpaired) electrons. The third-order valence-electron chi connectivity index (χ3n) is 1.11. The fourth-order valence-electron chi connectivity index (χ4n) is 0.548. The van der Waals surface area contributed by atoms with Crippen molar-refractivity contribution >= 4 is 5.97 Å². The highest BCUT2D eigenvalue weighted by Gasteiger charge is 2.01. The molecular weight excluding hydrogens is 154 g/mol. The van der Waals surface area contributed by atoms with Crippen LogP contribution < -0.4 is 0 Å². The first kappa shape index (κ1) is 10.4. The number of carbonyl (C=O) groups excluding carboxylic acids is 1. The van der Waals surface area contributed by atoms with Gasteiger partial charge in [-0.1, -0.05) is 12.2 Å². The van der Waals surface area contributed by atoms with Gasteiger partial charge in [0.15, 0.2) is 0 Å². The number of carbonyl (C=O) groups is 1. The highest BCUT2D eigenvalue weighted by molar-refractivity contribution is 5.88. The number of nitriles is 1. The van der Waals surface area contributed by atoms with Gasteiger partial charge in [0.05, 0.1) is 12.7 Å². The molecule has 0 spiro atoms. The zero-order valence-corrected chi connectivity index (χ0v) is 7.20. The number of allylic oxidation sites excluding steroid dienone is 3. The first-order valence-corrected chi connectivity index (χ1v) is 3.62. The summed E-state index contributed by atoms with van der Waals surface area (Å²) in [5, 5.41) is 8.14. The van der Waals surface area contributed by atoms with Crippen molar-refractivity contribution in [2.24, 2.45) is 0 Å². The van der Waals surface area contributed by atoms with E-state index in [1.807, 2.05) is 6.07 Å². The number of hydrogen-bond acceptors (Lipinski definition) is 3. The van der Waals surface area contributed by atoms with E-state index in [0.717, 1.165) is 0 Å². The van der Waals surface area contributed by atoms with Crippen LogP contribution in [-0.4, -0.2) is 12.6 Å². The molecule has 0 aliphatic rings. The zero-order valence-electron chi connectivity index (χ0n) is 7.20. The Labute approximate surface area is 71.9 Å². The van der Waals surface area contributed by atoms with E-state index in [1.165, 1.54) is 12.2 Å². The van der Waals surface area contributed by atoms with Crippen LogP contribution in [-0.2, 0) is 9.53 Å². The fraction of sp³-hybridized carbons (Fsp3) is 0.333. The van der Waals surface area contributed by atoms with Gasteiger partial charge in [-0.25, -0.2) is 4.79 Å². The van der Waals surface area contributed by atoms with Gasteiger partial charge >= 0.3 is 5.97 Å². The average molecular weight is 165 g/mol. The predicted molar refractivity (Wildman–Crippen MR) is 45.1 cm³/mol. The van der Waals surface area contributed by atoms with Gasteiger partial charge in [-0.05, 0) is 13.8 Å². The third kappa shape index (κ3) is 4.29. The number of esters is 1. The molecule has 0 saturated heterocycles. The summed E-state index contributed by atoms with van der Waals surface area (Å²) in [6.07, 6.45) is 4.34. The maximum atomic E-state index is 10.9. The molecule has 0 fully saturated rings. The van der Waals surface area contributed by atoms with Crippen LogP contribution in [0.4, 0.5) is 0 Å². The maximum absolute atomic E-state index is 10.9. The molecule has 0 unspecified atom stereocenters. The zero-order chi connectivity index (χ0) is 9.40. The second-order valence-corrected chi connectivity index (χ2v) is 2.06. The molecule has 0 saturated carbocycles. The SMILES string of the molecule is CCOC(=O)/C(C)=C/C=C/C#N. The summed E-state index contributed by atoms with van der Waals surface area (Å²) in [4.78, 5) is 10.9. The molecular formula is C9H11NO2. The van der Waals surface area contributed by atoms with Crippen LogP contribution in [0.2, 0.25) is 0 Å². The second kappa shape index (κ2) is 6.17. The maximum Gasteiger partial charge on any atom is 0.333 e. The number of rotatable bonds is 3. The minimum Gasteiger partial charge on any atom is -0.463 e. The summed E-state index contributed by atoms with van der Waals surface area (Å²) in [5.74, 6) is -0.347. The Morgan fingerprint density at radius 2 is 2.33 bits per heavy atom. The molecule has 0 atom stereocenters. The van der Waals surface area contributed by atoms with Crippen LogP contribution in [0.1, 0.15) is 13.8 Å². The molecule has 0 aromatic heterocycles. The Bertz CT molecular complexity index is 246. The average Bonchev–Trinajstić information content (AvgIpc) is 2.05. The Kier molecular flexibility index (Phi) is 5.37. The van der Waals surface area contributed by atoms with Gasteiger partial charge in [0.2, 0.25) is 0 Å². The van der Waals surface area contributed by atoms with Crippen molar-refractivity contribution in [3.05, 3.63) is 23.8 Å². The van der Waals surface area contributed by atoms with E-state index in [0.29, 0.717) is 12.2 Å². The van der Waals surface area contributed by atoms with Gasteiger partial charge in [-0.15, -0.1) is 0 Å². The van der Waals surface area contributed by atoms with Gasteiger partial charge in [-0.3, -0.25) is 0 Å². The highest BCUT2D eigenvalue weighted by atomic mass is 16.5. The molecule has 0 aliphatic heterocycles. The molecule has 0 amide bonds. The van der Waals surface area contributed by atoms with Crippen molar-refractivity contribution in [3.8, 4) is 6.07 Å². The van der Waals surface area contributed by atoms with E-state index in [2.05, 4.69) is 0 Å². The molecule has 12 heavy (non-hydrogen) atoms. The summed E-state index contributed by atoms with van der Waals surface area (Å²) in [5.41, 5.74) is 0.489. The fourth-order valence-corrected chi connectivity index (χ4v) is 0.548. The van der Waals surface area contributed by atoms with E-state index in [9.17, 15) is 4.79 Å². The molecule has 0 aromatic carbocycles. The summed E-state index contributed by atoms with van der Waals surface area (Å²) < 4.78 is 4.71. The lowest BCUT2D eigenvalue weighted by molar-refractivity contribution is -0.138. The molecule has 0 heterocycles. The molecule has 3 heteroatoms. The summed E-state index contributed by atoms with van der Waals surface area (Å²) in [7, 11) is 0. The van der Waals surface area contributed by atoms with Gasteiger partial charge in [0.1, 0.15) is 0 Å².